The molecule has 2 aliphatic rings. The SMILES string of the molecule is CC(C)(C)CC(NC(=O)Oc1ccoc1)C(=O)N1CCC2C1C(=O)CN2S(=O)(=O)C(=O)c1ccccn1. The van der Waals surface area contributed by atoms with Gasteiger partial charge >= 0.3 is 11.2 Å². The van der Waals surface area contributed by atoms with Crippen LogP contribution in [0.1, 0.15) is 44.1 Å². The van der Waals surface area contributed by atoms with E-state index in [1.807, 2.05) is 20.8 Å². The van der Waals surface area contributed by atoms with E-state index in [0.29, 0.717) is 0 Å². The first-order valence-electron chi connectivity index (χ1n) is 11.7. The molecule has 13 heteroatoms. The van der Waals surface area contributed by atoms with Gasteiger partial charge in [0.15, 0.2) is 11.5 Å². The molecule has 2 fully saturated rings. The molecule has 0 bridgehead atoms. The van der Waals surface area contributed by atoms with E-state index >= 15 is 0 Å². The zero-order valence-electron chi connectivity index (χ0n) is 20.6. The summed E-state index contributed by atoms with van der Waals surface area (Å²) in [6.07, 6.45) is 3.38. The van der Waals surface area contributed by atoms with Crippen molar-refractivity contribution in [1.29, 1.82) is 0 Å². The Morgan fingerprint density at radius 1 is 1.24 bits per heavy atom. The summed E-state index contributed by atoms with van der Waals surface area (Å²) < 4.78 is 37.1. The third-order valence-corrected chi connectivity index (χ3v) is 7.88. The molecule has 2 aromatic heterocycles. The van der Waals surface area contributed by atoms with Crippen molar-refractivity contribution >= 4 is 32.9 Å². The molecule has 2 amide bonds. The van der Waals surface area contributed by atoms with E-state index in [1.165, 1.54) is 41.8 Å². The first-order valence-corrected chi connectivity index (χ1v) is 13.1. The van der Waals surface area contributed by atoms with Gasteiger partial charge in [-0.05, 0) is 30.4 Å². The Labute approximate surface area is 214 Å². The van der Waals surface area contributed by atoms with Crippen molar-refractivity contribution in [3.05, 3.63) is 48.7 Å². The van der Waals surface area contributed by atoms with Gasteiger partial charge in [0, 0.05) is 18.8 Å². The number of hydrogen-bond acceptors (Lipinski definition) is 9. The van der Waals surface area contributed by atoms with E-state index in [9.17, 15) is 27.6 Å². The Morgan fingerprint density at radius 3 is 2.62 bits per heavy atom. The number of hydrogen-bond donors (Lipinski definition) is 1. The monoisotopic (exact) mass is 532 g/mol. The number of carbonyl (C=O) groups excluding carboxylic acids is 4. The number of amides is 2. The maximum Gasteiger partial charge on any atom is 0.413 e. The van der Waals surface area contributed by atoms with Crippen LogP contribution in [0, 0.1) is 5.41 Å². The van der Waals surface area contributed by atoms with Gasteiger partial charge in [0.2, 0.25) is 5.91 Å². The van der Waals surface area contributed by atoms with Crippen molar-refractivity contribution in [1.82, 2.24) is 19.5 Å². The second-order valence-electron chi connectivity index (χ2n) is 10.2. The van der Waals surface area contributed by atoms with Gasteiger partial charge in [0.25, 0.3) is 10.0 Å². The van der Waals surface area contributed by atoms with Gasteiger partial charge in [-0.3, -0.25) is 19.4 Å². The molecule has 3 atom stereocenters. The molecule has 0 radical (unpaired) electrons. The molecular weight excluding hydrogens is 504 g/mol. The van der Waals surface area contributed by atoms with E-state index in [-0.39, 0.29) is 36.2 Å². The molecule has 3 unspecified atom stereocenters. The van der Waals surface area contributed by atoms with Gasteiger partial charge in [0.05, 0.1) is 18.8 Å². The molecule has 1 N–H and O–H groups in total. The van der Waals surface area contributed by atoms with Gasteiger partial charge in [-0.15, -0.1) is 0 Å². The van der Waals surface area contributed by atoms with Crippen LogP contribution in [0.15, 0.2) is 47.4 Å². The Hall–Kier alpha value is -3.58. The average molecular weight is 533 g/mol. The molecule has 4 heterocycles. The minimum absolute atomic E-state index is 0.0861. The van der Waals surface area contributed by atoms with Crippen LogP contribution in [0.5, 0.6) is 5.75 Å². The number of furan rings is 1. The highest BCUT2D eigenvalue weighted by atomic mass is 32.2. The molecule has 0 saturated carbocycles. The number of nitrogens with one attached hydrogen (secondary N) is 1. The maximum absolute atomic E-state index is 13.6. The average Bonchev–Trinajstić information content (AvgIpc) is 3.56. The van der Waals surface area contributed by atoms with Gasteiger partial charge in [-0.1, -0.05) is 26.8 Å². The number of ether oxygens (including phenoxy) is 1. The molecule has 2 saturated heterocycles. The lowest BCUT2D eigenvalue weighted by Crippen LogP contribution is -2.54. The highest BCUT2D eigenvalue weighted by Crippen LogP contribution is 2.34. The van der Waals surface area contributed by atoms with E-state index in [4.69, 9.17) is 9.15 Å². The number of ketones is 1. The fraction of sp³-hybridized carbons (Fsp3) is 0.458. The van der Waals surface area contributed by atoms with Crippen LogP contribution in [0.2, 0.25) is 0 Å². The normalized spacial score (nSPS) is 20.9. The lowest BCUT2D eigenvalue weighted by Gasteiger charge is -2.31. The van der Waals surface area contributed by atoms with Gasteiger partial charge in [0.1, 0.15) is 24.0 Å². The fourth-order valence-electron chi connectivity index (χ4n) is 4.66. The highest BCUT2D eigenvalue weighted by molar-refractivity contribution is 8.04. The fourth-order valence-corrected chi connectivity index (χ4v) is 6.14. The van der Waals surface area contributed by atoms with Crippen molar-refractivity contribution in [2.24, 2.45) is 5.41 Å². The molecule has 0 spiro atoms. The number of carbonyl (C=O) groups is 4. The van der Waals surface area contributed by atoms with E-state index in [2.05, 4.69) is 10.3 Å². The summed E-state index contributed by atoms with van der Waals surface area (Å²) in [7, 11) is -4.55. The Bertz CT molecular complexity index is 1290. The standard InChI is InChI=1S/C24H28N4O8S/c1-24(2,3)12-17(26-23(32)36-15-8-11-35-14-15)21(30)27-10-7-18-20(27)19(29)13-28(18)37(33,34)22(31)16-6-4-5-9-25-16/h4-6,8-9,11,14,17-18,20H,7,10,12-13H2,1-3H3,(H,26,32). The first-order chi connectivity index (χ1) is 17.4. The van der Waals surface area contributed by atoms with E-state index in [0.717, 1.165) is 4.31 Å². The molecule has 2 aromatic rings. The number of nitrogens with zero attached hydrogens (tertiary/aromatic N) is 3. The number of sulfonamides is 1. The summed E-state index contributed by atoms with van der Waals surface area (Å²) in [4.78, 5) is 56.9. The van der Waals surface area contributed by atoms with Crippen LogP contribution in [0.25, 0.3) is 0 Å². The minimum Gasteiger partial charge on any atom is -0.469 e. The lowest BCUT2D eigenvalue weighted by molar-refractivity contribution is -0.138. The topological polar surface area (TPSA) is 156 Å². The van der Waals surface area contributed by atoms with Gasteiger partial charge in [-0.2, -0.15) is 4.31 Å². The van der Waals surface area contributed by atoms with Crippen LogP contribution in [-0.4, -0.2) is 76.7 Å². The second-order valence-corrected chi connectivity index (χ2v) is 12.0. The van der Waals surface area contributed by atoms with Crippen molar-refractivity contribution in [2.45, 2.75) is 51.7 Å². The van der Waals surface area contributed by atoms with Crippen LogP contribution in [0.3, 0.4) is 0 Å². The predicted molar refractivity (Wildman–Crippen MR) is 129 cm³/mol. The molecule has 37 heavy (non-hydrogen) atoms. The first kappa shape index (κ1) is 26.5. The Morgan fingerprint density at radius 2 is 2.00 bits per heavy atom. The zero-order chi connectivity index (χ0) is 27.0. The lowest BCUT2D eigenvalue weighted by atomic mass is 9.87. The zero-order valence-corrected chi connectivity index (χ0v) is 21.4. The third kappa shape index (κ3) is 5.57. The second kappa shape index (κ2) is 10.1. The molecule has 4 rings (SSSR count). The summed E-state index contributed by atoms with van der Waals surface area (Å²) in [5.74, 6) is -0.871. The van der Waals surface area contributed by atoms with Gasteiger partial charge in [-0.25, -0.2) is 13.2 Å². The summed E-state index contributed by atoms with van der Waals surface area (Å²) in [6, 6.07) is 2.77. The number of fused-ring (bicyclic) bond motifs is 1. The quantitative estimate of drug-likeness (QED) is 0.583. The maximum atomic E-state index is 13.6. The number of aromatic nitrogens is 1. The van der Waals surface area contributed by atoms with Crippen molar-refractivity contribution < 1.29 is 36.7 Å². The summed E-state index contributed by atoms with van der Waals surface area (Å²) in [6.45, 7) is 5.23. The van der Waals surface area contributed by atoms with Crippen molar-refractivity contribution in [3.63, 3.8) is 0 Å². The largest absolute Gasteiger partial charge is 0.469 e. The van der Waals surface area contributed by atoms with Crippen molar-refractivity contribution in [2.75, 3.05) is 13.1 Å². The number of rotatable bonds is 6. The predicted octanol–water partition coefficient (Wildman–Crippen LogP) is 1.59. The van der Waals surface area contributed by atoms with E-state index < -0.39 is 57.6 Å². The van der Waals surface area contributed by atoms with Crippen LogP contribution < -0.4 is 10.1 Å². The third-order valence-electron chi connectivity index (χ3n) is 6.19. The number of pyridine rings is 1. The molecule has 2 aliphatic heterocycles. The summed E-state index contributed by atoms with van der Waals surface area (Å²) in [5.41, 5.74) is -0.637. The van der Waals surface area contributed by atoms with Crippen molar-refractivity contribution in [3.8, 4) is 5.75 Å². The van der Waals surface area contributed by atoms with Crippen LogP contribution in [0.4, 0.5) is 4.79 Å². The van der Waals surface area contributed by atoms with E-state index in [1.54, 1.807) is 6.07 Å². The summed E-state index contributed by atoms with van der Waals surface area (Å²) in [5, 5.41) is 1.36. The smallest absolute Gasteiger partial charge is 0.413 e. The van der Waals surface area contributed by atoms with Crippen LogP contribution >= 0.6 is 0 Å². The minimum atomic E-state index is -4.55. The number of Topliss-reactive ketones (excluding diaryl/α,β-unsaturated/α-hetero) is 1. The summed E-state index contributed by atoms with van der Waals surface area (Å²) >= 11 is 0. The Kier molecular flexibility index (Phi) is 7.20. The molecule has 0 aromatic carbocycles. The number of likely N-dealkylation sites (tertiary alicyclic amines) is 1. The van der Waals surface area contributed by atoms with Crippen LogP contribution in [-0.2, 0) is 19.6 Å². The molecule has 12 nitrogen and oxygen atoms in total. The molecule has 0 aliphatic carbocycles. The Balaban J connectivity index is 1.53. The molecule has 198 valence electrons. The molecular formula is C24H28N4O8S. The van der Waals surface area contributed by atoms with Gasteiger partial charge < -0.3 is 19.4 Å². The highest BCUT2D eigenvalue weighted by Gasteiger charge is 2.55.